The molecule has 0 aromatic carbocycles. The van der Waals surface area contributed by atoms with E-state index in [0.29, 0.717) is 22.9 Å². The predicted molar refractivity (Wildman–Crippen MR) is 80.5 cm³/mol. The molecule has 5 heteroatoms. The van der Waals surface area contributed by atoms with Gasteiger partial charge in [-0.05, 0) is 13.3 Å². The molecule has 2 atom stereocenters. The van der Waals surface area contributed by atoms with Crippen LogP contribution >= 0.6 is 0 Å². The number of allylic oxidation sites excluding steroid dienone is 3. The van der Waals surface area contributed by atoms with Gasteiger partial charge >= 0.3 is 0 Å². The molecule has 0 saturated carbocycles. The molecule has 4 nitrogen and oxygen atoms in total. The highest BCUT2D eigenvalue weighted by Gasteiger charge is 2.20. The summed E-state index contributed by atoms with van der Waals surface area (Å²) < 4.78 is 23.0. The maximum Gasteiger partial charge on any atom is 0.183 e. The molecule has 108 valence electrons. The molecule has 1 aromatic heterocycles. The van der Waals surface area contributed by atoms with Crippen molar-refractivity contribution in [1.29, 1.82) is 0 Å². The van der Waals surface area contributed by atoms with Gasteiger partial charge in [-0.3, -0.25) is 9.19 Å². The molecule has 0 bridgehead atoms. The third kappa shape index (κ3) is 3.28. The number of methoxy groups -OCH3 is 2. The third-order valence-electron chi connectivity index (χ3n) is 3.21. The van der Waals surface area contributed by atoms with Crippen molar-refractivity contribution in [3.05, 3.63) is 41.8 Å². The van der Waals surface area contributed by atoms with Crippen LogP contribution < -0.4 is 9.47 Å². The van der Waals surface area contributed by atoms with Crippen LogP contribution in [0.3, 0.4) is 0 Å². The van der Waals surface area contributed by atoms with Gasteiger partial charge in [0.05, 0.1) is 30.9 Å². The standard InChI is InChI=1S/C15H19NO3S/c1-11-5-4-6-12(9-11)20(17)10-13-15(19-3)14(18-2)7-8-16-13/h4-8,12H,9-10H2,1-3H3. The lowest BCUT2D eigenvalue weighted by molar-refractivity contribution is 0.350. The third-order valence-corrected chi connectivity index (χ3v) is 4.77. The topological polar surface area (TPSA) is 48.4 Å². The Kier molecular flexibility index (Phi) is 4.95. The second-order valence-electron chi connectivity index (χ2n) is 4.66. The van der Waals surface area contributed by atoms with Crippen molar-refractivity contribution in [2.24, 2.45) is 0 Å². The Morgan fingerprint density at radius 1 is 1.40 bits per heavy atom. The monoisotopic (exact) mass is 293 g/mol. The van der Waals surface area contributed by atoms with Crippen LogP contribution in [0.15, 0.2) is 36.1 Å². The van der Waals surface area contributed by atoms with Gasteiger partial charge in [0, 0.05) is 23.1 Å². The summed E-state index contributed by atoms with van der Waals surface area (Å²) in [4.78, 5) is 4.28. The van der Waals surface area contributed by atoms with E-state index in [-0.39, 0.29) is 5.25 Å². The highest BCUT2D eigenvalue weighted by Crippen LogP contribution is 2.30. The van der Waals surface area contributed by atoms with Crippen LogP contribution in [-0.2, 0) is 16.6 Å². The van der Waals surface area contributed by atoms with Gasteiger partial charge in [-0.2, -0.15) is 0 Å². The summed E-state index contributed by atoms with van der Waals surface area (Å²) in [5.41, 5.74) is 1.92. The summed E-state index contributed by atoms with van der Waals surface area (Å²) in [6.07, 6.45) is 8.50. The molecule has 20 heavy (non-hydrogen) atoms. The van der Waals surface area contributed by atoms with Gasteiger partial charge in [-0.15, -0.1) is 0 Å². The SMILES string of the molecule is COc1ccnc(CS(=O)C2C=CC=C(C)C2)c1OC. The molecule has 0 aliphatic heterocycles. The Hall–Kier alpha value is -1.62. The lowest BCUT2D eigenvalue weighted by Crippen LogP contribution is -2.17. The van der Waals surface area contributed by atoms with Crippen LogP contribution in [0, 0.1) is 0 Å². The van der Waals surface area contributed by atoms with Crippen molar-refractivity contribution >= 4 is 10.8 Å². The van der Waals surface area contributed by atoms with Crippen LogP contribution in [0.5, 0.6) is 11.5 Å². The van der Waals surface area contributed by atoms with E-state index >= 15 is 0 Å². The summed E-state index contributed by atoms with van der Waals surface area (Å²) in [5, 5.41) is 0.0395. The summed E-state index contributed by atoms with van der Waals surface area (Å²) in [6.45, 7) is 2.05. The van der Waals surface area contributed by atoms with Crippen LogP contribution in [0.25, 0.3) is 0 Å². The molecule has 1 heterocycles. The van der Waals surface area contributed by atoms with Crippen LogP contribution in [0.4, 0.5) is 0 Å². The lowest BCUT2D eigenvalue weighted by atomic mass is 10.1. The molecule has 2 unspecified atom stereocenters. The van der Waals surface area contributed by atoms with E-state index < -0.39 is 10.8 Å². The molecule has 0 saturated heterocycles. The van der Waals surface area contributed by atoms with E-state index in [1.807, 2.05) is 12.2 Å². The fourth-order valence-electron chi connectivity index (χ4n) is 2.17. The molecule has 1 aliphatic carbocycles. The summed E-state index contributed by atoms with van der Waals surface area (Å²) in [7, 11) is 2.12. The van der Waals surface area contributed by atoms with Crippen molar-refractivity contribution in [3.63, 3.8) is 0 Å². The molecular formula is C15H19NO3S. The number of rotatable bonds is 5. The molecule has 1 aromatic rings. The Morgan fingerprint density at radius 3 is 2.85 bits per heavy atom. The average molecular weight is 293 g/mol. The number of nitrogens with zero attached hydrogens (tertiary/aromatic N) is 1. The van der Waals surface area contributed by atoms with Gasteiger partial charge < -0.3 is 9.47 Å². The van der Waals surface area contributed by atoms with Gasteiger partial charge in [0.1, 0.15) is 0 Å². The second kappa shape index (κ2) is 6.70. The Labute approximate surface area is 122 Å². The first-order valence-electron chi connectivity index (χ1n) is 6.42. The second-order valence-corrected chi connectivity index (χ2v) is 6.31. The van der Waals surface area contributed by atoms with Gasteiger partial charge in [0.15, 0.2) is 11.5 Å². The number of ether oxygens (including phenoxy) is 2. The first-order chi connectivity index (χ1) is 9.65. The molecule has 0 amide bonds. The van der Waals surface area contributed by atoms with E-state index in [4.69, 9.17) is 9.47 Å². The number of hydrogen-bond acceptors (Lipinski definition) is 4. The van der Waals surface area contributed by atoms with Crippen LogP contribution in [0.2, 0.25) is 0 Å². The van der Waals surface area contributed by atoms with Gasteiger partial charge in [-0.25, -0.2) is 0 Å². The minimum Gasteiger partial charge on any atom is -0.493 e. The van der Waals surface area contributed by atoms with E-state index in [1.54, 1.807) is 26.5 Å². The first kappa shape index (κ1) is 14.8. The lowest BCUT2D eigenvalue weighted by Gasteiger charge is -2.17. The maximum absolute atomic E-state index is 12.5. The quantitative estimate of drug-likeness (QED) is 0.837. The fraction of sp³-hybridized carbons (Fsp3) is 0.400. The highest BCUT2D eigenvalue weighted by atomic mass is 32.2. The molecule has 0 radical (unpaired) electrons. The number of hydrogen-bond donors (Lipinski definition) is 0. The first-order valence-corrected chi connectivity index (χ1v) is 7.81. The van der Waals surface area contributed by atoms with E-state index in [1.165, 1.54) is 5.57 Å². The summed E-state index contributed by atoms with van der Waals surface area (Å²) in [5.74, 6) is 1.54. The summed E-state index contributed by atoms with van der Waals surface area (Å²) >= 11 is 0. The van der Waals surface area contributed by atoms with Crippen molar-refractivity contribution < 1.29 is 13.7 Å². The van der Waals surface area contributed by atoms with Gasteiger partial charge in [-0.1, -0.05) is 23.8 Å². The van der Waals surface area contributed by atoms with Gasteiger partial charge in [0.2, 0.25) is 0 Å². The normalized spacial score (nSPS) is 19.4. The van der Waals surface area contributed by atoms with Crippen molar-refractivity contribution in [3.8, 4) is 11.5 Å². The van der Waals surface area contributed by atoms with E-state index in [2.05, 4.69) is 18.0 Å². The maximum atomic E-state index is 12.5. The Morgan fingerprint density at radius 2 is 2.20 bits per heavy atom. The number of aromatic nitrogens is 1. The van der Waals surface area contributed by atoms with Crippen molar-refractivity contribution in [2.75, 3.05) is 14.2 Å². The molecular weight excluding hydrogens is 274 g/mol. The minimum absolute atomic E-state index is 0.0395. The van der Waals surface area contributed by atoms with E-state index in [9.17, 15) is 4.21 Å². The van der Waals surface area contributed by atoms with Crippen LogP contribution in [-0.4, -0.2) is 28.7 Å². The van der Waals surface area contributed by atoms with Gasteiger partial charge in [0.25, 0.3) is 0 Å². The Bertz CT molecular complexity index is 566. The highest BCUT2D eigenvalue weighted by molar-refractivity contribution is 7.85. The van der Waals surface area contributed by atoms with Crippen LogP contribution in [0.1, 0.15) is 19.0 Å². The number of pyridine rings is 1. The molecule has 0 fully saturated rings. The summed E-state index contributed by atoms with van der Waals surface area (Å²) in [6, 6.07) is 1.73. The molecule has 0 spiro atoms. The van der Waals surface area contributed by atoms with E-state index in [0.717, 1.165) is 6.42 Å². The molecule has 1 aliphatic rings. The molecule has 2 rings (SSSR count). The minimum atomic E-state index is -1.03. The zero-order chi connectivity index (χ0) is 14.5. The zero-order valence-corrected chi connectivity index (χ0v) is 12.8. The van der Waals surface area contributed by atoms with Crippen molar-refractivity contribution in [1.82, 2.24) is 4.98 Å². The van der Waals surface area contributed by atoms with Crippen molar-refractivity contribution in [2.45, 2.75) is 24.3 Å². The largest absolute Gasteiger partial charge is 0.493 e. The molecule has 0 N–H and O–H groups in total. The fourth-order valence-corrected chi connectivity index (χ4v) is 3.58. The zero-order valence-electron chi connectivity index (χ0n) is 12.0. The average Bonchev–Trinajstić information content (AvgIpc) is 2.46. The predicted octanol–water partition coefficient (Wildman–Crippen LogP) is 2.62. The Balaban J connectivity index is 2.16. The smallest absolute Gasteiger partial charge is 0.183 e.